The van der Waals surface area contributed by atoms with E-state index in [1.165, 1.54) is 5.56 Å². The van der Waals surface area contributed by atoms with Crippen LogP contribution >= 0.6 is 0 Å². The molecule has 1 aromatic heterocycles. The maximum Gasteiger partial charge on any atom is 0.258 e. The van der Waals surface area contributed by atoms with E-state index in [0.717, 1.165) is 23.2 Å². The van der Waals surface area contributed by atoms with E-state index < -0.39 is 0 Å². The van der Waals surface area contributed by atoms with Gasteiger partial charge in [0.1, 0.15) is 0 Å². The molecule has 0 N–H and O–H groups in total. The van der Waals surface area contributed by atoms with Crippen LogP contribution in [0.3, 0.4) is 0 Å². The molecule has 28 heavy (non-hydrogen) atoms. The van der Waals surface area contributed by atoms with Gasteiger partial charge in [-0.1, -0.05) is 23.4 Å². The second kappa shape index (κ2) is 8.89. The Hall–Kier alpha value is -2.86. The minimum atomic E-state index is 0.455. The van der Waals surface area contributed by atoms with Crippen molar-refractivity contribution in [2.45, 2.75) is 27.3 Å². The molecule has 0 aliphatic carbocycles. The third-order valence-electron chi connectivity index (χ3n) is 4.39. The first-order chi connectivity index (χ1) is 13.5. The summed E-state index contributed by atoms with van der Waals surface area (Å²) in [6, 6.07) is 11.8. The lowest BCUT2D eigenvalue weighted by atomic mass is 10.0. The van der Waals surface area contributed by atoms with Crippen LogP contribution in [0.5, 0.6) is 11.5 Å². The fourth-order valence-electron chi connectivity index (χ4n) is 3.07. The third-order valence-corrected chi connectivity index (χ3v) is 4.39. The van der Waals surface area contributed by atoms with Crippen molar-refractivity contribution in [1.29, 1.82) is 0 Å². The maximum absolute atomic E-state index is 5.70. The first-order valence-electron chi connectivity index (χ1n) is 9.50. The molecule has 0 bridgehead atoms. The Morgan fingerprint density at radius 3 is 2.46 bits per heavy atom. The summed E-state index contributed by atoms with van der Waals surface area (Å²) >= 11 is 0. The molecule has 6 heteroatoms. The smallest absolute Gasteiger partial charge is 0.258 e. The number of ether oxygens (including phenoxy) is 2. The van der Waals surface area contributed by atoms with Gasteiger partial charge in [0.2, 0.25) is 5.82 Å². The molecule has 0 aliphatic heterocycles. The largest absolute Gasteiger partial charge is 0.490 e. The van der Waals surface area contributed by atoms with Crippen molar-refractivity contribution < 1.29 is 14.0 Å². The van der Waals surface area contributed by atoms with Crippen LogP contribution in [-0.2, 0) is 6.54 Å². The molecule has 0 spiro atoms. The van der Waals surface area contributed by atoms with Gasteiger partial charge in [0, 0.05) is 17.7 Å². The van der Waals surface area contributed by atoms with Gasteiger partial charge >= 0.3 is 0 Å². The fraction of sp³-hybridized carbons (Fsp3) is 0.364. The van der Waals surface area contributed by atoms with Crippen molar-refractivity contribution in [3.05, 3.63) is 47.5 Å². The Labute approximate surface area is 166 Å². The lowest BCUT2D eigenvalue weighted by molar-refractivity contribution is 0.288. The van der Waals surface area contributed by atoms with E-state index in [2.05, 4.69) is 42.1 Å². The van der Waals surface area contributed by atoms with E-state index in [0.29, 0.717) is 36.4 Å². The molecule has 148 valence electrons. The number of nitrogens with zero attached hydrogens (tertiary/aromatic N) is 3. The highest BCUT2D eigenvalue weighted by Gasteiger charge is 2.16. The number of benzene rings is 2. The Balaban J connectivity index is 1.94. The zero-order valence-electron chi connectivity index (χ0n) is 17.2. The highest BCUT2D eigenvalue weighted by atomic mass is 16.5. The molecular formula is C22H27N3O3. The second-order valence-corrected chi connectivity index (χ2v) is 6.78. The molecule has 0 atom stereocenters. The molecule has 0 saturated carbocycles. The molecule has 3 aromatic rings. The number of hydrogen-bond donors (Lipinski definition) is 0. The number of rotatable bonds is 8. The van der Waals surface area contributed by atoms with Crippen LogP contribution in [0.1, 0.15) is 25.0 Å². The molecule has 0 unspecified atom stereocenters. The van der Waals surface area contributed by atoms with Gasteiger partial charge in [-0.2, -0.15) is 4.98 Å². The Bertz CT molecular complexity index is 935. The van der Waals surface area contributed by atoms with E-state index in [1.54, 1.807) is 0 Å². The van der Waals surface area contributed by atoms with Crippen LogP contribution in [0.2, 0.25) is 0 Å². The van der Waals surface area contributed by atoms with Crippen molar-refractivity contribution in [3.63, 3.8) is 0 Å². The summed E-state index contributed by atoms with van der Waals surface area (Å²) in [5.41, 5.74) is 4.18. The summed E-state index contributed by atoms with van der Waals surface area (Å²) in [6.07, 6.45) is 0. The first kappa shape index (κ1) is 19.9. The molecule has 3 rings (SSSR count). The van der Waals surface area contributed by atoms with Crippen molar-refractivity contribution in [3.8, 4) is 34.3 Å². The standard InChI is InChI=1S/C22H27N3O3/c1-6-26-19-12-11-16(13-20(19)27-7-2)22-23-21(24-28-22)18-10-8-9-17(15(18)3)14-25(4)5/h8-13H,6-7,14H2,1-5H3. The Morgan fingerprint density at radius 2 is 1.75 bits per heavy atom. The molecule has 1 heterocycles. The highest BCUT2D eigenvalue weighted by Crippen LogP contribution is 2.33. The normalized spacial score (nSPS) is 11.1. The van der Waals surface area contributed by atoms with E-state index >= 15 is 0 Å². The maximum atomic E-state index is 5.70. The summed E-state index contributed by atoms with van der Waals surface area (Å²) in [5, 5.41) is 4.21. The van der Waals surface area contributed by atoms with Gasteiger partial charge in [-0.25, -0.2) is 0 Å². The zero-order valence-corrected chi connectivity index (χ0v) is 17.2. The molecule has 6 nitrogen and oxygen atoms in total. The highest BCUT2D eigenvalue weighted by molar-refractivity contribution is 5.65. The predicted molar refractivity (Wildman–Crippen MR) is 110 cm³/mol. The van der Waals surface area contributed by atoms with E-state index in [4.69, 9.17) is 14.0 Å². The Kier molecular flexibility index (Phi) is 6.31. The topological polar surface area (TPSA) is 60.6 Å². The van der Waals surface area contributed by atoms with Gasteiger partial charge in [0.05, 0.1) is 13.2 Å². The Morgan fingerprint density at radius 1 is 1.00 bits per heavy atom. The summed E-state index contributed by atoms with van der Waals surface area (Å²) < 4.78 is 16.9. The van der Waals surface area contributed by atoms with Crippen molar-refractivity contribution in [2.24, 2.45) is 0 Å². The van der Waals surface area contributed by atoms with Gasteiger partial charge in [-0.05, 0) is 64.2 Å². The molecular weight excluding hydrogens is 354 g/mol. The zero-order chi connectivity index (χ0) is 20.1. The SMILES string of the molecule is CCOc1ccc(-c2nc(-c3cccc(CN(C)C)c3C)no2)cc1OCC. The van der Waals surface area contributed by atoms with Gasteiger partial charge < -0.3 is 18.9 Å². The predicted octanol–water partition coefficient (Wildman–Crippen LogP) is 4.57. The number of hydrogen-bond acceptors (Lipinski definition) is 6. The van der Waals surface area contributed by atoms with Gasteiger partial charge in [0.25, 0.3) is 5.89 Å². The molecule has 0 amide bonds. The van der Waals surface area contributed by atoms with Crippen LogP contribution in [0.15, 0.2) is 40.9 Å². The summed E-state index contributed by atoms with van der Waals surface area (Å²) in [5.74, 6) is 2.42. The first-order valence-corrected chi connectivity index (χ1v) is 9.50. The van der Waals surface area contributed by atoms with E-state index in [-0.39, 0.29) is 0 Å². The van der Waals surface area contributed by atoms with Crippen LogP contribution in [-0.4, -0.2) is 42.3 Å². The molecule has 0 aliphatic rings. The quantitative estimate of drug-likeness (QED) is 0.570. The summed E-state index contributed by atoms with van der Waals surface area (Å²) in [7, 11) is 4.11. The van der Waals surface area contributed by atoms with Crippen molar-refractivity contribution in [1.82, 2.24) is 15.0 Å². The molecule has 0 radical (unpaired) electrons. The molecule has 0 fully saturated rings. The van der Waals surface area contributed by atoms with Crippen molar-refractivity contribution >= 4 is 0 Å². The average molecular weight is 381 g/mol. The lowest BCUT2D eigenvalue weighted by Crippen LogP contribution is -2.11. The average Bonchev–Trinajstić information content (AvgIpc) is 3.15. The van der Waals surface area contributed by atoms with E-state index in [9.17, 15) is 0 Å². The van der Waals surface area contributed by atoms with Crippen LogP contribution in [0.25, 0.3) is 22.8 Å². The molecule has 0 saturated heterocycles. The van der Waals surface area contributed by atoms with Gasteiger partial charge in [-0.15, -0.1) is 0 Å². The minimum absolute atomic E-state index is 0.455. The summed E-state index contributed by atoms with van der Waals surface area (Å²) in [4.78, 5) is 6.76. The fourth-order valence-corrected chi connectivity index (χ4v) is 3.07. The second-order valence-electron chi connectivity index (χ2n) is 6.78. The minimum Gasteiger partial charge on any atom is -0.490 e. The third kappa shape index (κ3) is 4.34. The molecule has 2 aromatic carbocycles. The monoisotopic (exact) mass is 381 g/mol. The van der Waals surface area contributed by atoms with Gasteiger partial charge in [0.15, 0.2) is 11.5 Å². The lowest BCUT2D eigenvalue weighted by Gasteiger charge is -2.13. The van der Waals surface area contributed by atoms with Gasteiger partial charge in [-0.3, -0.25) is 0 Å². The van der Waals surface area contributed by atoms with Crippen LogP contribution in [0.4, 0.5) is 0 Å². The number of aromatic nitrogens is 2. The van der Waals surface area contributed by atoms with E-state index in [1.807, 2.05) is 44.2 Å². The summed E-state index contributed by atoms with van der Waals surface area (Å²) in [6.45, 7) is 7.97. The van der Waals surface area contributed by atoms with Crippen LogP contribution in [0, 0.1) is 6.92 Å². The van der Waals surface area contributed by atoms with Crippen molar-refractivity contribution in [2.75, 3.05) is 27.3 Å². The van der Waals surface area contributed by atoms with Crippen LogP contribution < -0.4 is 9.47 Å².